The van der Waals surface area contributed by atoms with Gasteiger partial charge in [-0.3, -0.25) is 4.79 Å². The average molecular weight is 166 g/mol. The van der Waals surface area contributed by atoms with Crippen molar-refractivity contribution in [3.05, 3.63) is 0 Å². The van der Waals surface area contributed by atoms with E-state index in [-0.39, 0.29) is 0 Å². The summed E-state index contributed by atoms with van der Waals surface area (Å²) in [7, 11) is -2.77. The van der Waals surface area contributed by atoms with Gasteiger partial charge in [-0.2, -0.15) is 0 Å². The third-order valence-corrected chi connectivity index (χ3v) is 1.51. The molecule has 0 rings (SSSR count). The van der Waals surface area contributed by atoms with Crippen LogP contribution in [-0.2, 0) is 13.9 Å². The van der Waals surface area contributed by atoms with Crippen LogP contribution in [-0.4, -0.2) is 16.4 Å². The summed E-state index contributed by atoms with van der Waals surface area (Å²) < 4.78 is 14.3. The fourth-order valence-corrected chi connectivity index (χ4v) is 0.721. The molecule has 5 nitrogen and oxygen atoms in total. The summed E-state index contributed by atoms with van der Waals surface area (Å²) >= 11 is 0. The van der Waals surface area contributed by atoms with Gasteiger partial charge in [0.25, 0.3) is 5.91 Å². The predicted molar refractivity (Wildman–Crippen MR) is 34.2 cm³/mol. The van der Waals surface area contributed by atoms with Gasteiger partial charge in [-0.05, 0) is 13.8 Å². The number of hydrogen-bond donors (Lipinski definition) is 2. The summed E-state index contributed by atoms with van der Waals surface area (Å²) in [6, 6.07) is 0. The second kappa shape index (κ2) is 3.05. The Morgan fingerprint density at radius 2 is 2.10 bits per heavy atom. The van der Waals surface area contributed by atoms with Gasteiger partial charge < -0.3 is 5.73 Å². The maximum atomic E-state index is 10.4. The van der Waals surface area contributed by atoms with Gasteiger partial charge in [-0.15, -0.1) is 9.42 Å². The first-order valence-corrected chi connectivity index (χ1v) is 3.64. The summed E-state index contributed by atoms with van der Waals surface area (Å²) in [6.07, 6.45) is 0. The Kier molecular flexibility index (Phi) is 2.90. The van der Waals surface area contributed by atoms with Crippen molar-refractivity contribution in [1.29, 1.82) is 0 Å². The molecule has 58 valence electrons. The molecular formula is C4H9NO4P+. The Labute approximate surface area is 59.1 Å². The van der Waals surface area contributed by atoms with Crippen LogP contribution in [0.3, 0.4) is 0 Å². The summed E-state index contributed by atoms with van der Waals surface area (Å²) in [5, 5.41) is 0. The van der Waals surface area contributed by atoms with Crippen LogP contribution in [0.5, 0.6) is 0 Å². The molecule has 0 spiro atoms. The Hall–Kier alpha value is -0.510. The lowest BCUT2D eigenvalue weighted by molar-refractivity contribution is -0.130. The molecule has 3 N–H and O–H groups in total. The Morgan fingerprint density at radius 3 is 2.20 bits per heavy atom. The van der Waals surface area contributed by atoms with Gasteiger partial charge in [0.1, 0.15) is 0 Å². The second-order valence-corrected chi connectivity index (χ2v) is 2.86. The SMILES string of the molecule is CC(C)(O[P+](=O)O)C(N)=O. The summed E-state index contributed by atoms with van der Waals surface area (Å²) in [5.41, 5.74) is 3.44. The fraction of sp³-hybridized carbons (Fsp3) is 0.750. The number of primary amides is 1. The van der Waals surface area contributed by atoms with Crippen LogP contribution >= 0.6 is 8.25 Å². The molecule has 0 aliphatic heterocycles. The lowest BCUT2D eigenvalue weighted by atomic mass is 10.1. The van der Waals surface area contributed by atoms with Gasteiger partial charge in [0.2, 0.25) is 0 Å². The largest absolute Gasteiger partial charge is 0.695 e. The molecule has 0 aromatic carbocycles. The third-order valence-electron chi connectivity index (χ3n) is 0.900. The van der Waals surface area contributed by atoms with Gasteiger partial charge >= 0.3 is 8.25 Å². The first-order chi connectivity index (χ1) is 4.36. The lowest BCUT2D eigenvalue weighted by Crippen LogP contribution is -2.38. The zero-order chi connectivity index (χ0) is 8.36. The Balaban J connectivity index is 4.13. The van der Waals surface area contributed by atoms with Gasteiger partial charge in [-0.1, -0.05) is 0 Å². The molecule has 1 atom stereocenters. The van der Waals surface area contributed by atoms with E-state index in [2.05, 4.69) is 4.52 Å². The zero-order valence-corrected chi connectivity index (χ0v) is 6.59. The summed E-state index contributed by atoms with van der Waals surface area (Å²) in [4.78, 5) is 18.6. The monoisotopic (exact) mass is 166 g/mol. The normalized spacial score (nSPS) is 12.9. The van der Waals surface area contributed by atoms with E-state index in [0.717, 1.165) is 0 Å². The van der Waals surface area contributed by atoms with Crippen LogP contribution in [0, 0.1) is 0 Å². The maximum absolute atomic E-state index is 10.4. The molecule has 0 bridgehead atoms. The minimum atomic E-state index is -2.77. The van der Waals surface area contributed by atoms with E-state index < -0.39 is 19.8 Å². The number of rotatable bonds is 3. The molecule has 10 heavy (non-hydrogen) atoms. The molecule has 0 heterocycles. The van der Waals surface area contributed by atoms with Crippen molar-refractivity contribution in [3.63, 3.8) is 0 Å². The highest BCUT2D eigenvalue weighted by atomic mass is 31.1. The van der Waals surface area contributed by atoms with Crippen LogP contribution in [0.1, 0.15) is 13.8 Å². The van der Waals surface area contributed by atoms with E-state index in [1.807, 2.05) is 0 Å². The van der Waals surface area contributed by atoms with Crippen molar-refractivity contribution >= 4 is 14.2 Å². The Bertz CT molecular complexity index is 167. The number of nitrogens with two attached hydrogens (primary N) is 1. The highest BCUT2D eigenvalue weighted by molar-refractivity contribution is 7.32. The highest BCUT2D eigenvalue weighted by Gasteiger charge is 2.36. The average Bonchev–Trinajstić information content (AvgIpc) is 1.60. The van der Waals surface area contributed by atoms with Gasteiger partial charge in [0.15, 0.2) is 5.60 Å². The standard InChI is InChI=1S/C4H8NO4P/c1-4(2,3(5)6)9-10(7)8/h1-2H3,(H2-,5,6,7,8)/p+1. The van der Waals surface area contributed by atoms with Crippen LogP contribution in [0.2, 0.25) is 0 Å². The van der Waals surface area contributed by atoms with E-state index in [9.17, 15) is 9.36 Å². The van der Waals surface area contributed by atoms with Gasteiger partial charge in [-0.25, -0.2) is 0 Å². The number of carbonyl (C=O) groups is 1. The minimum absolute atomic E-state index is 0.773. The van der Waals surface area contributed by atoms with Crippen LogP contribution < -0.4 is 5.73 Å². The van der Waals surface area contributed by atoms with Crippen LogP contribution in [0.25, 0.3) is 0 Å². The van der Waals surface area contributed by atoms with E-state index in [0.29, 0.717) is 0 Å². The number of hydrogen-bond acceptors (Lipinski definition) is 3. The molecule has 0 saturated carbocycles. The number of amides is 1. The molecule has 1 amide bonds. The van der Waals surface area contributed by atoms with Crippen LogP contribution in [0.15, 0.2) is 0 Å². The fourth-order valence-electron chi connectivity index (χ4n) is 0.240. The lowest BCUT2D eigenvalue weighted by Gasteiger charge is -2.10. The topological polar surface area (TPSA) is 89.6 Å². The molecule has 0 aromatic heterocycles. The van der Waals surface area contributed by atoms with Crippen molar-refractivity contribution in [3.8, 4) is 0 Å². The second-order valence-electron chi connectivity index (χ2n) is 2.20. The molecular weight excluding hydrogens is 157 g/mol. The van der Waals surface area contributed by atoms with E-state index in [1.165, 1.54) is 13.8 Å². The molecule has 0 aliphatic rings. The molecule has 1 unspecified atom stereocenters. The quantitative estimate of drug-likeness (QED) is 0.573. The molecule has 0 fully saturated rings. The highest BCUT2D eigenvalue weighted by Crippen LogP contribution is 2.24. The van der Waals surface area contributed by atoms with Crippen LogP contribution in [0.4, 0.5) is 0 Å². The summed E-state index contributed by atoms with van der Waals surface area (Å²) in [6.45, 7) is 2.64. The van der Waals surface area contributed by atoms with E-state index in [1.54, 1.807) is 0 Å². The minimum Gasteiger partial charge on any atom is -0.367 e. The first-order valence-electron chi connectivity index (χ1n) is 2.51. The first kappa shape index (κ1) is 9.49. The molecule has 0 aromatic rings. The van der Waals surface area contributed by atoms with E-state index in [4.69, 9.17) is 10.6 Å². The van der Waals surface area contributed by atoms with Gasteiger partial charge in [0, 0.05) is 4.57 Å². The molecule has 6 heteroatoms. The van der Waals surface area contributed by atoms with Crippen molar-refractivity contribution in [2.75, 3.05) is 0 Å². The number of carbonyl (C=O) groups excluding carboxylic acids is 1. The van der Waals surface area contributed by atoms with Crippen molar-refractivity contribution in [1.82, 2.24) is 0 Å². The van der Waals surface area contributed by atoms with Crippen molar-refractivity contribution in [2.24, 2.45) is 5.73 Å². The van der Waals surface area contributed by atoms with Crippen molar-refractivity contribution < 1.29 is 18.8 Å². The van der Waals surface area contributed by atoms with E-state index >= 15 is 0 Å². The summed E-state index contributed by atoms with van der Waals surface area (Å²) in [5.74, 6) is -0.773. The third kappa shape index (κ3) is 2.87. The zero-order valence-electron chi connectivity index (χ0n) is 5.70. The molecule has 0 saturated heterocycles. The molecule has 0 radical (unpaired) electrons. The predicted octanol–water partition coefficient (Wildman–Crippen LogP) is -0.0834. The maximum Gasteiger partial charge on any atom is 0.695 e. The molecule has 0 aliphatic carbocycles. The Morgan fingerprint density at radius 1 is 1.70 bits per heavy atom. The van der Waals surface area contributed by atoms with Gasteiger partial charge in [0.05, 0.1) is 0 Å². The smallest absolute Gasteiger partial charge is 0.367 e. The van der Waals surface area contributed by atoms with Crippen molar-refractivity contribution in [2.45, 2.75) is 19.4 Å².